The summed E-state index contributed by atoms with van der Waals surface area (Å²) >= 11 is 0. The van der Waals surface area contributed by atoms with Crippen molar-refractivity contribution in [3.8, 4) is 11.1 Å². The molecule has 8 heteroatoms. The Bertz CT molecular complexity index is 1580. The Morgan fingerprint density at radius 3 is 2.33 bits per heavy atom. The maximum atomic E-state index is 13.0. The minimum atomic E-state index is -0.562. The molecule has 2 aromatic carbocycles. The average Bonchev–Trinajstić information content (AvgIpc) is 3.81. The van der Waals surface area contributed by atoms with Crippen LogP contribution in [0, 0.1) is 28.6 Å². The second-order valence-electron chi connectivity index (χ2n) is 17.1. The van der Waals surface area contributed by atoms with Gasteiger partial charge in [0, 0.05) is 36.9 Å². The average molecular weight is 711 g/mol. The molecule has 0 bridgehead atoms. The summed E-state index contributed by atoms with van der Waals surface area (Å²) in [5, 5.41) is 2.69. The zero-order chi connectivity index (χ0) is 35.9. The van der Waals surface area contributed by atoms with Gasteiger partial charge in [-0.1, -0.05) is 87.4 Å². The monoisotopic (exact) mass is 710 g/mol. The summed E-state index contributed by atoms with van der Waals surface area (Å²) in [6.45, 7) is 12.5. The molecule has 52 heavy (non-hydrogen) atoms. The van der Waals surface area contributed by atoms with Crippen LogP contribution in [0.4, 0.5) is 4.79 Å². The molecular formula is C44H58N2O6. The van der Waals surface area contributed by atoms with E-state index in [1.165, 1.54) is 55.2 Å². The third-order valence-corrected chi connectivity index (χ3v) is 14.2. The van der Waals surface area contributed by atoms with Gasteiger partial charge in [0.1, 0.15) is 13.2 Å². The van der Waals surface area contributed by atoms with Gasteiger partial charge in [0.2, 0.25) is 5.91 Å². The van der Waals surface area contributed by atoms with Gasteiger partial charge in [0.05, 0.1) is 18.8 Å². The van der Waals surface area contributed by atoms with E-state index in [4.69, 9.17) is 18.9 Å². The highest BCUT2D eigenvalue weighted by atomic mass is 16.7. The highest BCUT2D eigenvalue weighted by Crippen LogP contribution is 2.63. The molecule has 0 spiro atoms. The van der Waals surface area contributed by atoms with Crippen molar-refractivity contribution in [3.05, 3.63) is 71.8 Å². The number of allylic oxidation sites excluding steroid dienone is 1. The molecular weight excluding hydrogens is 652 g/mol. The standard InChI is InChI=1S/C44H58N2O6/c1-29-16-17-38-43(2,22-18-39-44(38,3)28-51-41(52-39)30-10-4-5-11-30)37(29)21-25-49-31-19-23-46(24-20-31)40(47)26-45-42(48)50-27-36-34-14-8-6-12-32(34)33-13-7-9-15-35(33)36/h6-9,12-15,30-31,36-39,41H,1,4-5,10-11,16-28H2,2-3H3,(H,45,48)/t37-,38?,39-,41-,43+,44+/m1/s1. The molecule has 4 aliphatic carbocycles. The van der Waals surface area contributed by atoms with Crippen molar-refractivity contribution >= 4 is 12.0 Å². The number of carbonyl (C=O) groups excluding carboxylic acids is 2. The number of likely N-dealkylation sites (tertiary alicyclic amines) is 1. The quantitative estimate of drug-likeness (QED) is 0.264. The van der Waals surface area contributed by atoms with Crippen molar-refractivity contribution in [1.29, 1.82) is 0 Å². The van der Waals surface area contributed by atoms with Gasteiger partial charge >= 0.3 is 6.09 Å². The van der Waals surface area contributed by atoms with Crippen molar-refractivity contribution in [2.24, 2.45) is 28.6 Å². The number of fused-ring (bicyclic) bond motifs is 6. The number of hydrogen-bond donors (Lipinski definition) is 1. The van der Waals surface area contributed by atoms with Gasteiger partial charge in [-0.15, -0.1) is 0 Å². The first-order valence-electron chi connectivity index (χ1n) is 20.2. The van der Waals surface area contributed by atoms with Crippen molar-refractivity contribution in [1.82, 2.24) is 10.2 Å². The van der Waals surface area contributed by atoms with E-state index in [1.54, 1.807) is 0 Å². The van der Waals surface area contributed by atoms with Crippen molar-refractivity contribution in [3.63, 3.8) is 0 Å². The van der Waals surface area contributed by atoms with Gasteiger partial charge in [-0.2, -0.15) is 0 Å². The number of carbonyl (C=O) groups is 2. The number of rotatable bonds is 9. The summed E-state index contributed by atoms with van der Waals surface area (Å²) < 4.78 is 25.4. The number of alkyl carbamates (subject to hydrolysis) is 1. The maximum absolute atomic E-state index is 13.0. The first-order valence-corrected chi connectivity index (χ1v) is 20.2. The van der Waals surface area contributed by atoms with Crippen LogP contribution in [0.25, 0.3) is 11.1 Å². The molecule has 6 atom stereocenters. The van der Waals surface area contributed by atoms with E-state index >= 15 is 0 Å². The fourth-order valence-electron chi connectivity index (χ4n) is 11.4. The summed E-state index contributed by atoms with van der Waals surface area (Å²) in [4.78, 5) is 27.5. The summed E-state index contributed by atoms with van der Waals surface area (Å²) in [6.07, 6.45) is 12.1. The Morgan fingerprint density at radius 2 is 1.62 bits per heavy atom. The number of amides is 2. The number of benzene rings is 2. The van der Waals surface area contributed by atoms with Crippen molar-refractivity contribution in [2.45, 2.75) is 109 Å². The van der Waals surface area contributed by atoms with Crippen LogP contribution < -0.4 is 5.32 Å². The molecule has 5 fully saturated rings. The molecule has 3 saturated carbocycles. The lowest BCUT2D eigenvalue weighted by Crippen LogP contribution is -2.62. The molecule has 2 aromatic rings. The molecule has 0 aromatic heterocycles. The van der Waals surface area contributed by atoms with Crippen molar-refractivity contribution < 1.29 is 28.5 Å². The summed E-state index contributed by atoms with van der Waals surface area (Å²) in [6, 6.07) is 16.5. The molecule has 1 N–H and O–H groups in total. The van der Waals surface area contributed by atoms with Crippen LogP contribution in [0.3, 0.4) is 0 Å². The van der Waals surface area contributed by atoms with Gasteiger partial charge in [-0.05, 0) is 97.3 Å². The fraction of sp³-hybridized carbons (Fsp3) is 0.636. The first kappa shape index (κ1) is 35.8. The van der Waals surface area contributed by atoms with Crippen LogP contribution in [0.1, 0.15) is 102 Å². The van der Waals surface area contributed by atoms with E-state index in [0.29, 0.717) is 37.5 Å². The van der Waals surface area contributed by atoms with E-state index < -0.39 is 6.09 Å². The third-order valence-electron chi connectivity index (χ3n) is 14.2. The van der Waals surface area contributed by atoms with Crippen LogP contribution in [-0.4, -0.2) is 74.9 Å². The highest BCUT2D eigenvalue weighted by Gasteiger charge is 2.60. The first-order chi connectivity index (χ1) is 25.2. The Kier molecular flexibility index (Phi) is 10.3. The van der Waals surface area contributed by atoms with Crippen molar-refractivity contribution in [2.75, 3.05) is 39.5 Å². The Labute approximate surface area is 310 Å². The molecule has 2 saturated heterocycles. The summed E-state index contributed by atoms with van der Waals surface area (Å²) in [5.74, 6) is 1.46. The van der Waals surface area contributed by atoms with E-state index in [-0.39, 0.29) is 54.3 Å². The fourth-order valence-corrected chi connectivity index (χ4v) is 11.4. The summed E-state index contributed by atoms with van der Waals surface area (Å²) in [5.41, 5.74) is 6.30. The molecule has 2 heterocycles. The normalized spacial score (nSPS) is 32.1. The van der Waals surface area contributed by atoms with Gasteiger partial charge in [0.25, 0.3) is 0 Å². The maximum Gasteiger partial charge on any atom is 0.407 e. The molecule has 8 nitrogen and oxygen atoms in total. The zero-order valence-electron chi connectivity index (χ0n) is 31.3. The zero-order valence-corrected chi connectivity index (χ0v) is 31.3. The third kappa shape index (κ3) is 6.73. The second-order valence-corrected chi connectivity index (χ2v) is 17.1. The van der Waals surface area contributed by atoms with Gasteiger partial charge in [-0.3, -0.25) is 4.79 Å². The molecule has 8 rings (SSSR count). The number of hydrogen-bond acceptors (Lipinski definition) is 6. The minimum Gasteiger partial charge on any atom is -0.449 e. The van der Waals surface area contributed by atoms with Crippen LogP contribution >= 0.6 is 0 Å². The minimum absolute atomic E-state index is 0.00742. The lowest BCUT2D eigenvalue weighted by molar-refractivity contribution is -0.316. The Hall–Kier alpha value is -3.20. The van der Waals surface area contributed by atoms with Crippen LogP contribution in [0.15, 0.2) is 60.7 Å². The Balaban J connectivity index is 0.768. The number of piperidine rings is 1. The van der Waals surface area contributed by atoms with E-state index in [9.17, 15) is 9.59 Å². The molecule has 280 valence electrons. The lowest BCUT2D eigenvalue weighted by atomic mass is 9.46. The topological polar surface area (TPSA) is 86.3 Å². The SMILES string of the molecule is C=C1CCC2[C@]3(C)CO[C@@H](C4CCCC4)O[C@@H]3CC[C@@]2(C)[C@@H]1CCOC1CCN(C(=O)CNC(=O)OCC2c3ccccc3-c3ccccc32)CC1. The number of nitrogens with one attached hydrogen (secondary N) is 1. The van der Waals surface area contributed by atoms with E-state index in [2.05, 4.69) is 50.0 Å². The van der Waals surface area contributed by atoms with Gasteiger partial charge in [0.15, 0.2) is 6.29 Å². The Morgan fingerprint density at radius 1 is 0.923 bits per heavy atom. The van der Waals surface area contributed by atoms with Crippen LogP contribution in [0.2, 0.25) is 0 Å². The second kappa shape index (κ2) is 14.9. The molecule has 2 aliphatic heterocycles. The van der Waals surface area contributed by atoms with Gasteiger partial charge < -0.3 is 29.2 Å². The highest BCUT2D eigenvalue weighted by molar-refractivity contribution is 5.82. The predicted molar refractivity (Wildman–Crippen MR) is 201 cm³/mol. The smallest absolute Gasteiger partial charge is 0.407 e. The molecule has 0 radical (unpaired) electrons. The summed E-state index contributed by atoms with van der Waals surface area (Å²) in [7, 11) is 0. The van der Waals surface area contributed by atoms with Crippen LogP contribution in [-0.2, 0) is 23.7 Å². The lowest BCUT2D eigenvalue weighted by Gasteiger charge is -2.63. The largest absolute Gasteiger partial charge is 0.449 e. The van der Waals surface area contributed by atoms with E-state index in [1.807, 2.05) is 29.2 Å². The van der Waals surface area contributed by atoms with Crippen LogP contribution in [0.5, 0.6) is 0 Å². The van der Waals surface area contributed by atoms with E-state index in [0.717, 1.165) is 49.8 Å². The molecule has 2 amide bonds. The predicted octanol–water partition coefficient (Wildman–Crippen LogP) is 8.24. The van der Waals surface area contributed by atoms with Gasteiger partial charge in [-0.25, -0.2) is 4.79 Å². The number of nitrogens with zero attached hydrogens (tertiary/aromatic N) is 1. The number of ether oxygens (including phenoxy) is 4. The molecule has 1 unspecified atom stereocenters. The molecule has 6 aliphatic rings.